The van der Waals surface area contributed by atoms with Crippen molar-refractivity contribution in [2.75, 3.05) is 6.54 Å². The van der Waals surface area contributed by atoms with Gasteiger partial charge in [-0.15, -0.1) is 0 Å². The first-order valence-electron chi connectivity index (χ1n) is 3.94. The fraction of sp³-hybridized carbons (Fsp3) is 0.875. The molecule has 2 heteroatoms. The summed E-state index contributed by atoms with van der Waals surface area (Å²) >= 11 is 0. The molecule has 2 atom stereocenters. The van der Waals surface area contributed by atoms with Gasteiger partial charge in [0.05, 0.1) is 0 Å². The number of amides is 1. The number of nitrogens with one attached hydrogen (secondary N) is 1. The molecule has 1 amide bonds. The van der Waals surface area contributed by atoms with Crippen LogP contribution in [-0.2, 0) is 4.79 Å². The Morgan fingerprint density at radius 2 is 2.30 bits per heavy atom. The second-order valence-electron chi connectivity index (χ2n) is 3.25. The second kappa shape index (κ2) is 3.04. The van der Waals surface area contributed by atoms with E-state index in [0.717, 1.165) is 18.4 Å². The lowest BCUT2D eigenvalue weighted by atomic mass is 9.75. The molecular formula is C8H15NO. The summed E-state index contributed by atoms with van der Waals surface area (Å²) in [4.78, 5) is 10.5. The zero-order valence-corrected chi connectivity index (χ0v) is 6.68. The minimum absolute atomic E-state index is 0.0964. The lowest BCUT2D eigenvalue weighted by Crippen LogP contribution is -2.35. The summed E-state index contributed by atoms with van der Waals surface area (Å²) in [6.45, 7) is 4.70. The van der Waals surface area contributed by atoms with Crippen molar-refractivity contribution in [3.63, 3.8) is 0 Å². The van der Waals surface area contributed by atoms with Crippen LogP contribution in [0.25, 0.3) is 0 Å². The lowest BCUT2D eigenvalue weighted by Gasteiger charge is -2.33. The third-order valence-electron chi connectivity index (χ3n) is 2.41. The standard InChI is InChI=1S/C8H15NO/c1-6-3-4-8(6)5-9-7(2)10/h6,8H,3-5H2,1-2H3,(H,9,10). The molecule has 1 aliphatic carbocycles. The van der Waals surface area contributed by atoms with Crippen molar-refractivity contribution in [2.45, 2.75) is 26.7 Å². The average molecular weight is 141 g/mol. The lowest BCUT2D eigenvalue weighted by molar-refractivity contribution is -0.119. The van der Waals surface area contributed by atoms with E-state index in [9.17, 15) is 4.79 Å². The number of rotatable bonds is 2. The predicted octanol–water partition coefficient (Wildman–Crippen LogP) is 1.17. The van der Waals surface area contributed by atoms with Crippen LogP contribution in [0.15, 0.2) is 0 Å². The van der Waals surface area contributed by atoms with Gasteiger partial charge in [0.1, 0.15) is 0 Å². The first-order valence-corrected chi connectivity index (χ1v) is 3.94. The summed E-state index contributed by atoms with van der Waals surface area (Å²) in [5, 5.41) is 2.84. The Labute approximate surface area is 62.0 Å². The molecule has 58 valence electrons. The van der Waals surface area contributed by atoms with Gasteiger partial charge in [0, 0.05) is 13.5 Å². The van der Waals surface area contributed by atoms with Crippen LogP contribution in [0.3, 0.4) is 0 Å². The summed E-state index contributed by atoms with van der Waals surface area (Å²) in [5.74, 6) is 1.68. The quantitative estimate of drug-likeness (QED) is 0.614. The van der Waals surface area contributed by atoms with Crippen LogP contribution < -0.4 is 5.32 Å². The van der Waals surface area contributed by atoms with Gasteiger partial charge in [0.2, 0.25) is 5.91 Å². The van der Waals surface area contributed by atoms with Gasteiger partial charge in [-0.25, -0.2) is 0 Å². The Hall–Kier alpha value is -0.530. The molecule has 0 saturated heterocycles. The number of hydrogen-bond donors (Lipinski definition) is 1. The minimum atomic E-state index is 0.0964. The van der Waals surface area contributed by atoms with Gasteiger partial charge in [-0.3, -0.25) is 4.79 Å². The zero-order valence-electron chi connectivity index (χ0n) is 6.68. The summed E-state index contributed by atoms with van der Waals surface area (Å²) in [6, 6.07) is 0. The van der Waals surface area contributed by atoms with E-state index >= 15 is 0 Å². The largest absolute Gasteiger partial charge is 0.356 e. The minimum Gasteiger partial charge on any atom is -0.356 e. The van der Waals surface area contributed by atoms with E-state index < -0.39 is 0 Å². The summed E-state index contributed by atoms with van der Waals surface area (Å²) in [7, 11) is 0. The van der Waals surface area contributed by atoms with E-state index in [0.29, 0.717) is 0 Å². The summed E-state index contributed by atoms with van der Waals surface area (Å²) in [6.07, 6.45) is 2.63. The van der Waals surface area contributed by atoms with Gasteiger partial charge in [-0.05, 0) is 18.3 Å². The van der Waals surface area contributed by atoms with Crippen molar-refractivity contribution in [3.8, 4) is 0 Å². The van der Waals surface area contributed by atoms with Crippen LogP contribution in [0.4, 0.5) is 0 Å². The molecule has 0 bridgehead atoms. The summed E-state index contributed by atoms with van der Waals surface area (Å²) < 4.78 is 0. The molecule has 1 aliphatic rings. The van der Waals surface area contributed by atoms with Gasteiger partial charge >= 0.3 is 0 Å². The second-order valence-corrected chi connectivity index (χ2v) is 3.25. The van der Waals surface area contributed by atoms with Crippen LogP contribution in [-0.4, -0.2) is 12.5 Å². The third kappa shape index (κ3) is 1.72. The van der Waals surface area contributed by atoms with Crippen molar-refractivity contribution < 1.29 is 4.79 Å². The van der Waals surface area contributed by atoms with Crippen molar-refractivity contribution in [1.82, 2.24) is 5.32 Å². The van der Waals surface area contributed by atoms with Crippen molar-refractivity contribution in [1.29, 1.82) is 0 Å². The molecule has 0 spiro atoms. The highest BCUT2D eigenvalue weighted by atomic mass is 16.1. The van der Waals surface area contributed by atoms with Gasteiger partial charge in [-0.1, -0.05) is 13.3 Å². The highest BCUT2D eigenvalue weighted by Crippen LogP contribution is 2.32. The first kappa shape index (κ1) is 7.58. The Morgan fingerprint density at radius 3 is 2.60 bits per heavy atom. The topological polar surface area (TPSA) is 29.1 Å². The van der Waals surface area contributed by atoms with E-state index in [4.69, 9.17) is 0 Å². The fourth-order valence-corrected chi connectivity index (χ4v) is 1.31. The third-order valence-corrected chi connectivity index (χ3v) is 2.41. The first-order chi connectivity index (χ1) is 4.70. The Kier molecular flexibility index (Phi) is 2.30. The van der Waals surface area contributed by atoms with Gasteiger partial charge in [0.15, 0.2) is 0 Å². The normalized spacial score (nSPS) is 31.0. The van der Waals surface area contributed by atoms with Gasteiger partial charge in [-0.2, -0.15) is 0 Å². The number of hydrogen-bond acceptors (Lipinski definition) is 1. The smallest absolute Gasteiger partial charge is 0.216 e. The molecule has 1 rings (SSSR count). The van der Waals surface area contributed by atoms with Crippen molar-refractivity contribution in [3.05, 3.63) is 0 Å². The molecule has 0 heterocycles. The van der Waals surface area contributed by atoms with Crippen LogP contribution in [0.1, 0.15) is 26.7 Å². The highest BCUT2D eigenvalue weighted by molar-refractivity contribution is 5.72. The summed E-state index contributed by atoms with van der Waals surface area (Å²) in [5.41, 5.74) is 0. The fourth-order valence-electron chi connectivity index (χ4n) is 1.31. The van der Waals surface area contributed by atoms with E-state index in [2.05, 4.69) is 12.2 Å². The van der Waals surface area contributed by atoms with E-state index in [1.54, 1.807) is 6.92 Å². The maximum absolute atomic E-state index is 10.5. The van der Waals surface area contributed by atoms with Crippen molar-refractivity contribution in [2.24, 2.45) is 11.8 Å². The predicted molar refractivity (Wildman–Crippen MR) is 40.6 cm³/mol. The zero-order chi connectivity index (χ0) is 7.56. The molecule has 10 heavy (non-hydrogen) atoms. The van der Waals surface area contributed by atoms with E-state index in [1.807, 2.05) is 0 Å². The monoisotopic (exact) mass is 141 g/mol. The van der Waals surface area contributed by atoms with Gasteiger partial charge < -0.3 is 5.32 Å². The molecule has 0 radical (unpaired) electrons. The molecule has 2 unspecified atom stereocenters. The van der Waals surface area contributed by atoms with E-state index in [1.165, 1.54) is 12.8 Å². The molecule has 0 aliphatic heterocycles. The molecule has 0 aromatic rings. The maximum atomic E-state index is 10.5. The van der Waals surface area contributed by atoms with Crippen LogP contribution in [0.2, 0.25) is 0 Å². The highest BCUT2D eigenvalue weighted by Gasteiger charge is 2.26. The molecule has 1 fully saturated rings. The molecule has 0 aromatic heterocycles. The van der Waals surface area contributed by atoms with Crippen LogP contribution in [0.5, 0.6) is 0 Å². The van der Waals surface area contributed by atoms with Gasteiger partial charge in [0.25, 0.3) is 0 Å². The SMILES string of the molecule is CC(=O)NCC1CCC1C. The van der Waals surface area contributed by atoms with Crippen molar-refractivity contribution >= 4 is 5.91 Å². The number of carbonyl (C=O) groups excluding carboxylic acids is 1. The molecule has 1 N–H and O–H groups in total. The van der Waals surface area contributed by atoms with Crippen LogP contribution >= 0.6 is 0 Å². The van der Waals surface area contributed by atoms with E-state index in [-0.39, 0.29) is 5.91 Å². The molecular weight excluding hydrogens is 126 g/mol. The Bertz CT molecular complexity index is 133. The molecule has 1 saturated carbocycles. The number of carbonyl (C=O) groups is 1. The average Bonchev–Trinajstić information content (AvgIpc) is 1.84. The molecule has 2 nitrogen and oxygen atoms in total. The Morgan fingerprint density at radius 1 is 1.60 bits per heavy atom. The van der Waals surface area contributed by atoms with Crippen LogP contribution in [0, 0.1) is 11.8 Å². The Balaban J connectivity index is 2.08. The maximum Gasteiger partial charge on any atom is 0.216 e. The molecule has 0 aromatic carbocycles.